The molecule has 0 aliphatic carbocycles. The van der Waals surface area contributed by atoms with Crippen LogP contribution in [0.2, 0.25) is 0 Å². The van der Waals surface area contributed by atoms with Crippen LogP contribution in [0.1, 0.15) is 37.8 Å². The third-order valence-corrected chi connectivity index (χ3v) is 2.84. The number of rotatable bonds is 7. The Labute approximate surface area is 103 Å². The van der Waals surface area contributed by atoms with Crippen molar-refractivity contribution in [1.82, 2.24) is 4.90 Å². The van der Waals surface area contributed by atoms with Crippen molar-refractivity contribution in [3.63, 3.8) is 0 Å². The molecule has 0 spiro atoms. The molecule has 2 unspecified atom stereocenters. The number of hydrogen-bond acceptors (Lipinski definition) is 4. The Bertz CT molecular complexity index is 317. The monoisotopic (exact) mass is 240 g/mol. The number of nitrogens with zero attached hydrogens (tertiary/aromatic N) is 1. The highest BCUT2D eigenvalue weighted by Gasteiger charge is 2.25. The fraction of sp³-hybridized carbons (Fsp3) is 0.692. The van der Waals surface area contributed by atoms with Crippen molar-refractivity contribution in [1.29, 1.82) is 0 Å². The van der Waals surface area contributed by atoms with Gasteiger partial charge in [0.15, 0.2) is 0 Å². The molecule has 0 aliphatic rings. The zero-order chi connectivity index (χ0) is 12.8. The summed E-state index contributed by atoms with van der Waals surface area (Å²) in [6.07, 6.45) is 1.03. The van der Waals surface area contributed by atoms with Crippen molar-refractivity contribution >= 4 is 0 Å². The first kappa shape index (κ1) is 14.2. The fourth-order valence-corrected chi connectivity index (χ4v) is 2.19. The third kappa shape index (κ3) is 3.84. The molecule has 4 nitrogen and oxygen atoms in total. The topological polar surface area (TPSA) is 62.6 Å². The van der Waals surface area contributed by atoms with E-state index >= 15 is 0 Å². The van der Waals surface area contributed by atoms with Gasteiger partial charge < -0.3 is 15.3 Å². The van der Waals surface area contributed by atoms with Gasteiger partial charge in [0.2, 0.25) is 0 Å². The quantitative estimate of drug-likeness (QED) is 0.761. The Balaban J connectivity index is 2.89. The summed E-state index contributed by atoms with van der Waals surface area (Å²) >= 11 is 0. The van der Waals surface area contributed by atoms with E-state index in [0.29, 0.717) is 6.54 Å². The van der Waals surface area contributed by atoms with Crippen molar-refractivity contribution in [2.75, 3.05) is 19.7 Å². The molecule has 1 heterocycles. The molecule has 0 fully saturated rings. The second-order valence-electron chi connectivity index (χ2n) is 4.51. The minimum absolute atomic E-state index is 0.0290. The summed E-state index contributed by atoms with van der Waals surface area (Å²) in [6, 6.07) is 3.94. The van der Waals surface area contributed by atoms with Crippen LogP contribution in [0.15, 0.2) is 16.5 Å². The molecule has 1 rings (SSSR count). The molecule has 0 saturated carbocycles. The van der Waals surface area contributed by atoms with Crippen molar-refractivity contribution in [2.24, 2.45) is 5.73 Å². The van der Waals surface area contributed by atoms with Gasteiger partial charge in [0.05, 0.1) is 12.6 Å². The first-order chi connectivity index (χ1) is 8.10. The second-order valence-corrected chi connectivity index (χ2v) is 4.51. The molecule has 0 radical (unpaired) electrons. The second kappa shape index (κ2) is 6.79. The molecule has 1 aromatic heterocycles. The zero-order valence-corrected chi connectivity index (χ0v) is 11.0. The van der Waals surface area contributed by atoms with Gasteiger partial charge in [-0.05, 0) is 38.9 Å². The highest BCUT2D eigenvalue weighted by atomic mass is 16.3. The van der Waals surface area contributed by atoms with Crippen LogP contribution >= 0.6 is 0 Å². The molecule has 0 aromatic carbocycles. The van der Waals surface area contributed by atoms with Gasteiger partial charge in [-0.2, -0.15) is 0 Å². The lowest BCUT2D eigenvalue weighted by atomic mass is 10.1. The van der Waals surface area contributed by atoms with Gasteiger partial charge in [0.25, 0.3) is 0 Å². The molecule has 0 saturated heterocycles. The molecule has 3 N–H and O–H groups in total. The van der Waals surface area contributed by atoms with E-state index < -0.39 is 0 Å². The summed E-state index contributed by atoms with van der Waals surface area (Å²) in [4.78, 5) is 2.18. The predicted molar refractivity (Wildman–Crippen MR) is 68.8 cm³/mol. The first-order valence-corrected chi connectivity index (χ1v) is 6.27. The van der Waals surface area contributed by atoms with Crippen LogP contribution in [-0.2, 0) is 0 Å². The van der Waals surface area contributed by atoms with Crippen LogP contribution in [0, 0.1) is 6.92 Å². The highest BCUT2D eigenvalue weighted by Crippen LogP contribution is 2.25. The number of nitrogens with two attached hydrogens (primary N) is 1. The minimum atomic E-state index is -0.0290. The summed E-state index contributed by atoms with van der Waals surface area (Å²) in [5.74, 6) is 1.78. The molecule has 98 valence electrons. The average Bonchev–Trinajstić information content (AvgIpc) is 2.65. The number of aliphatic hydroxyl groups excluding tert-OH is 1. The predicted octanol–water partition coefficient (Wildman–Crippen LogP) is 1.68. The number of aliphatic hydroxyl groups is 1. The minimum Gasteiger partial charge on any atom is -0.465 e. The van der Waals surface area contributed by atoms with Crippen LogP contribution in [-0.4, -0.2) is 35.7 Å². The maximum Gasteiger partial charge on any atom is 0.122 e. The van der Waals surface area contributed by atoms with Gasteiger partial charge in [-0.1, -0.05) is 6.92 Å². The number of furan rings is 1. The molecule has 0 amide bonds. The van der Waals surface area contributed by atoms with Crippen LogP contribution in [0.4, 0.5) is 0 Å². The molecule has 0 bridgehead atoms. The molecule has 17 heavy (non-hydrogen) atoms. The van der Waals surface area contributed by atoms with Crippen molar-refractivity contribution < 1.29 is 9.52 Å². The first-order valence-electron chi connectivity index (χ1n) is 6.27. The lowest BCUT2D eigenvalue weighted by Gasteiger charge is -2.32. The van der Waals surface area contributed by atoms with Crippen molar-refractivity contribution in [3.05, 3.63) is 23.7 Å². The van der Waals surface area contributed by atoms with E-state index in [-0.39, 0.29) is 18.7 Å². The van der Waals surface area contributed by atoms with Gasteiger partial charge in [-0.15, -0.1) is 0 Å². The normalized spacial score (nSPS) is 15.2. The number of hydrogen-bond donors (Lipinski definition) is 2. The van der Waals surface area contributed by atoms with E-state index in [4.69, 9.17) is 15.3 Å². The molecular weight excluding hydrogens is 216 g/mol. The third-order valence-electron chi connectivity index (χ3n) is 2.84. The fourth-order valence-electron chi connectivity index (χ4n) is 2.19. The highest BCUT2D eigenvalue weighted by molar-refractivity contribution is 5.11. The van der Waals surface area contributed by atoms with E-state index in [1.807, 2.05) is 26.0 Å². The van der Waals surface area contributed by atoms with E-state index in [9.17, 15) is 0 Å². The Morgan fingerprint density at radius 2 is 2.12 bits per heavy atom. The van der Waals surface area contributed by atoms with Crippen molar-refractivity contribution in [2.45, 2.75) is 39.3 Å². The van der Waals surface area contributed by atoms with Gasteiger partial charge in [0, 0.05) is 12.6 Å². The zero-order valence-electron chi connectivity index (χ0n) is 11.0. The van der Waals surface area contributed by atoms with Crippen molar-refractivity contribution in [3.8, 4) is 0 Å². The van der Waals surface area contributed by atoms with Gasteiger partial charge in [-0.3, -0.25) is 4.90 Å². The molecular formula is C13H24N2O2. The molecule has 1 aromatic rings. The van der Waals surface area contributed by atoms with E-state index in [1.54, 1.807) is 0 Å². The summed E-state index contributed by atoms with van der Waals surface area (Å²) in [6.45, 7) is 7.70. The maximum atomic E-state index is 9.13. The van der Waals surface area contributed by atoms with Crippen LogP contribution in [0.25, 0.3) is 0 Å². The Morgan fingerprint density at radius 1 is 1.41 bits per heavy atom. The SMILES string of the molecule is CCCN(CCO)C(c1ccc(C)o1)C(C)N. The smallest absolute Gasteiger partial charge is 0.122 e. The summed E-state index contributed by atoms with van der Waals surface area (Å²) in [5, 5.41) is 9.13. The Kier molecular flexibility index (Phi) is 5.68. The van der Waals surface area contributed by atoms with Crippen LogP contribution in [0.3, 0.4) is 0 Å². The lowest BCUT2D eigenvalue weighted by molar-refractivity contribution is 0.122. The van der Waals surface area contributed by atoms with Gasteiger partial charge >= 0.3 is 0 Å². The largest absolute Gasteiger partial charge is 0.465 e. The van der Waals surface area contributed by atoms with E-state index in [2.05, 4.69) is 11.8 Å². The van der Waals surface area contributed by atoms with Crippen LogP contribution in [0.5, 0.6) is 0 Å². The molecule has 4 heteroatoms. The standard InChI is InChI=1S/C13H24N2O2/c1-4-7-15(8-9-16)13(11(3)14)12-6-5-10(2)17-12/h5-6,11,13,16H,4,7-9,14H2,1-3H3. The van der Waals surface area contributed by atoms with E-state index in [0.717, 1.165) is 24.5 Å². The maximum absolute atomic E-state index is 9.13. The lowest BCUT2D eigenvalue weighted by Crippen LogP contribution is -2.41. The molecule has 2 atom stereocenters. The summed E-state index contributed by atoms with van der Waals surface area (Å²) < 4.78 is 5.68. The Hall–Kier alpha value is -0.840. The van der Waals surface area contributed by atoms with Gasteiger partial charge in [0.1, 0.15) is 11.5 Å². The summed E-state index contributed by atoms with van der Waals surface area (Å²) in [7, 11) is 0. The summed E-state index contributed by atoms with van der Waals surface area (Å²) in [5.41, 5.74) is 6.06. The molecule has 0 aliphatic heterocycles. The number of aryl methyl sites for hydroxylation is 1. The average molecular weight is 240 g/mol. The van der Waals surface area contributed by atoms with Crippen LogP contribution < -0.4 is 5.73 Å². The Morgan fingerprint density at radius 3 is 2.53 bits per heavy atom. The van der Waals surface area contributed by atoms with E-state index in [1.165, 1.54) is 0 Å². The van der Waals surface area contributed by atoms with Gasteiger partial charge in [-0.25, -0.2) is 0 Å².